The molecule has 1 amide bonds. The molecule has 5 heteroatoms. The van der Waals surface area contributed by atoms with E-state index in [1.807, 2.05) is 24.3 Å². The maximum Gasteiger partial charge on any atom is 0.254 e. The molecule has 0 saturated carbocycles. The molecule has 0 bridgehead atoms. The largest absolute Gasteiger partial charge is 0.337 e. The first kappa shape index (κ1) is 15.1. The SMILES string of the molecule is CN(Cc1ccccc1CN)C(=O)c1ccc(F)c(F)c1. The lowest BCUT2D eigenvalue weighted by Gasteiger charge is -2.19. The van der Waals surface area contributed by atoms with Gasteiger partial charge in [-0.1, -0.05) is 24.3 Å². The van der Waals surface area contributed by atoms with Gasteiger partial charge in [0.25, 0.3) is 5.91 Å². The van der Waals surface area contributed by atoms with Crippen LogP contribution in [0, 0.1) is 11.6 Å². The highest BCUT2D eigenvalue weighted by Gasteiger charge is 2.15. The topological polar surface area (TPSA) is 46.3 Å². The Morgan fingerprint density at radius 2 is 1.76 bits per heavy atom. The molecular formula is C16H16F2N2O. The summed E-state index contributed by atoms with van der Waals surface area (Å²) in [5.74, 6) is -2.37. The van der Waals surface area contributed by atoms with Crippen molar-refractivity contribution < 1.29 is 13.6 Å². The summed E-state index contributed by atoms with van der Waals surface area (Å²) in [6.45, 7) is 0.731. The van der Waals surface area contributed by atoms with Gasteiger partial charge in [0.1, 0.15) is 0 Å². The third kappa shape index (κ3) is 3.44. The molecule has 0 aliphatic heterocycles. The molecule has 2 N–H and O–H groups in total. The lowest BCUT2D eigenvalue weighted by Crippen LogP contribution is -2.27. The molecule has 0 aliphatic rings. The van der Waals surface area contributed by atoms with Crippen LogP contribution in [-0.2, 0) is 13.1 Å². The van der Waals surface area contributed by atoms with Gasteiger partial charge in [-0.2, -0.15) is 0 Å². The summed E-state index contributed by atoms with van der Waals surface area (Å²) in [5, 5.41) is 0. The van der Waals surface area contributed by atoms with Crippen LogP contribution in [0.3, 0.4) is 0 Å². The standard InChI is InChI=1S/C16H16F2N2O/c1-20(10-13-5-3-2-4-12(13)9-19)16(21)11-6-7-14(17)15(18)8-11/h2-8H,9-10,19H2,1H3. The third-order valence-electron chi connectivity index (χ3n) is 3.26. The second-order valence-electron chi connectivity index (χ2n) is 4.76. The van der Waals surface area contributed by atoms with E-state index in [2.05, 4.69) is 0 Å². The molecule has 0 aromatic heterocycles. The van der Waals surface area contributed by atoms with Gasteiger partial charge in [0.05, 0.1) is 0 Å². The van der Waals surface area contributed by atoms with Crippen molar-refractivity contribution in [2.75, 3.05) is 7.05 Å². The van der Waals surface area contributed by atoms with Gasteiger partial charge in [-0.25, -0.2) is 8.78 Å². The monoisotopic (exact) mass is 290 g/mol. The average molecular weight is 290 g/mol. The Morgan fingerprint density at radius 1 is 1.10 bits per heavy atom. The first-order valence-electron chi connectivity index (χ1n) is 6.50. The zero-order chi connectivity index (χ0) is 15.4. The summed E-state index contributed by atoms with van der Waals surface area (Å²) >= 11 is 0. The van der Waals surface area contributed by atoms with Crippen molar-refractivity contribution in [3.8, 4) is 0 Å². The van der Waals surface area contributed by atoms with E-state index in [0.717, 1.165) is 23.3 Å². The second-order valence-corrected chi connectivity index (χ2v) is 4.76. The van der Waals surface area contributed by atoms with Gasteiger partial charge in [0.15, 0.2) is 11.6 Å². The van der Waals surface area contributed by atoms with Crippen molar-refractivity contribution in [1.29, 1.82) is 0 Å². The molecule has 2 aromatic carbocycles. The molecule has 110 valence electrons. The van der Waals surface area contributed by atoms with E-state index < -0.39 is 11.6 Å². The minimum absolute atomic E-state index is 0.113. The molecule has 0 saturated heterocycles. The van der Waals surface area contributed by atoms with E-state index in [1.165, 1.54) is 11.0 Å². The molecule has 0 radical (unpaired) electrons. The van der Waals surface area contributed by atoms with E-state index in [-0.39, 0.29) is 11.5 Å². The Bertz CT molecular complexity index is 658. The van der Waals surface area contributed by atoms with E-state index >= 15 is 0 Å². The van der Waals surface area contributed by atoms with Crippen LogP contribution in [0.15, 0.2) is 42.5 Å². The van der Waals surface area contributed by atoms with E-state index in [4.69, 9.17) is 5.73 Å². The number of nitrogens with two attached hydrogens (primary N) is 1. The molecule has 2 aromatic rings. The third-order valence-corrected chi connectivity index (χ3v) is 3.26. The minimum Gasteiger partial charge on any atom is -0.337 e. The fourth-order valence-corrected chi connectivity index (χ4v) is 2.09. The molecule has 0 fully saturated rings. The summed E-state index contributed by atoms with van der Waals surface area (Å²) in [6.07, 6.45) is 0. The lowest BCUT2D eigenvalue weighted by molar-refractivity contribution is 0.0784. The van der Waals surface area contributed by atoms with Gasteiger partial charge in [-0.3, -0.25) is 4.79 Å². The fraction of sp³-hybridized carbons (Fsp3) is 0.188. The zero-order valence-corrected chi connectivity index (χ0v) is 11.6. The zero-order valence-electron chi connectivity index (χ0n) is 11.6. The van der Waals surface area contributed by atoms with Crippen molar-refractivity contribution in [3.05, 3.63) is 70.8 Å². The van der Waals surface area contributed by atoms with Gasteiger partial charge < -0.3 is 10.6 Å². The minimum atomic E-state index is -1.03. The number of halogens is 2. The summed E-state index contributed by atoms with van der Waals surface area (Å²) in [6, 6.07) is 10.6. The molecule has 0 spiro atoms. The predicted octanol–water partition coefficient (Wildman–Crippen LogP) is 2.70. The Kier molecular flexibility index (Phi) is 4.65. The molecule has 3 nitrogen and oxygen atoms in total. The van der Waals surface area contributed by atoms with Gasteiger partial charge in [0.2, 0.25) is 0 Å². The van der Waals surface area contributed by atoms with Crippen molar-refractivity contribution in [2.45, 2.75) is 13.1 Å². The summed E-state index contributed by atoms with van der Waals surface area (Å²) < 4.78 is 26.1. The van der Waals surface area contributed by atoms with E-state index in [1.54, 1.807) is 7.05 Å². The molecular weight excluding hydrogens is 274 g/mol. The number of hydrogen-bond acceptors (Lipinski definition) is 2. The van der Waals surface area contributed by atoms with Gasteiger partial charge in [0, 0.05) is 25.7 Å². The predicted molar refractivity (Wildman–Crippen MR) is 76.5 cm³/mol. The Morgan fingerprint density at radius 3 is 2.38 bits per heavy atom. The van der Waals surface area contributed by atoms with Crippen LogP contribution in [0.25, 0.3) is 0 Å². The van der Waals surface area contributed by atoms with Crippen LogP contribution in [-0.4, -0.2) is 17.9 Å². The molecule has 0 unspecified atom stereocenters. The maximum atomic E-state index is 13.2. The van der Waals surface area contributed by atoms with Gasteiger partial charge >= 0.3 is 0 Å². The number of carbonyl (C=O) groups is 1. The number of rotatable bonds is 4. The van der Waals surface area contributed by atoms with Crippen LogP contribution in [0.1, 0.15) is 21.5 Å². The van der Waals surface area contributed by atoms with Crippen molar-refractivity contribution in [3.63, 3.8) is 0 Å². The number of hydrogen-bond donors (Lipinski definition) is 1. The smallest absolute Gasteiger partial charge is 0.254 e. The van der Waals surface area contributed by atoms with E-state index in [9.17, 15) is 13.6 Å². The van der Waals surface area contributed by atoms with Gasteiger partial charge in [-0.15, -0.1) is 0 Å². The fourth-order valence-electron chi connectivity index (χ4n) is 2.09. The van der Waals surface area contributed by atoms with Crippen LogP contribution < -0.4 is 5.73 Å². The lowest BCUT2D eigenvalue weighted by atomic mass is 10.1. The molecule has 2 rings (SSSR count). The van der Waals surface area contributed by atoms with Gasteiger partial charge in [-0.05, 0) is 29.3 Å². The molecule has 0 atom stereocenters. The number of carbonyl (C=O) groups excluding carboxylic acids is 1. The number of amides is 1. The summed E-state index contributed by atoms with van der Waals surface area (Å²) in [7, 11) is 1.61. The maximum absolute atomic E-state index is 13.2. The van der Waals surface area contributed by atoms with Crippen molar-refractivity contribution in [1.82, 2.24) is 4.90 Å². The van der Waals surface area contributed by atoms with E-state index in [0.29, 0.717) is 13.1 Å². The Labute approximate surface area is 122 Å². The number of benzene rings is 2. The van der Waals surface area contributed by atoms with Crippen molar-refractivity contribution in [2.24, 2.45) is 5.73 Å². The highest BCUT2D eigenvalue weighted by atomic mass is 19.2. The average Bonchev–Trinajstić information content (AvgIpc) is 2.49. The molecule has 0 aliphatic carbocycles. The Hall–Kier alpha value is -2.27. The summed E-state index contributed by atoms with van der Waals surface area (Å²) in [5.41, 5.74) is 7.64. The first-order valence-corrected chi connectivity index (χ1v) is 6.50. The molecule has 0 heterocycles. The van der Waals surface area contributed by atoms with Crippen LogP contribution in [0.4, 0.5) is 8.78 Å². The highest BCUT2D eigenvalue weighted by Crippen LogP contribution is 2.14. The summed E-state index contributed by atoms with van der Waals surface area (Å²) in [4.78, 5) is 13.7. The van der Waals surface area contributed by atoms with Crippen molar-refractivity contribution >= 4 is 5.91 Å². The first-order chi connectivity index (χ1) is 10.0. The number of nitrogens with zero attached hydrogens (tertiary/aromatic N) is 1. The quantitative estimate of drug-likeness (QED) is 0.941. The second kappa shape index (κ2) is 6.45. The normalized spacial score (nSPS) is 10.5. The van der Waals surface area contributed by atoms with Crippen LogP contribution in [0.5, 0.6) is 0 Å². The van der Waals surface area contributed by atoms with Crippen LogP contribution >= 0.6 is 0 Å². The van der Waals surface area contributed by atoms with Crippen LogP contribution in [0.2, 0.25) is 0 Å². The highest BCUT2D eigenvalue weighted by molar-refractivity contribution is 5.94. The Balaban J connectivity index is 2.17. The molecule has 21 heavy (non-hydrogen) atoms.